The Labute approximate surface area is 103 Å². The van der Waals surface area contributed by atoms with Crippen LogP contribution in [0.3, 0.4) is 0 Å². The standard InChI is InChI=1S/BH3O3.Ba.Mn.Ni/c2-1(3)4;;;/h2-4H;;;. The molecule has 0 amide bonds. The van der Waals surface area contributed by atoms with Gasteiger partial charge in [0.05, 0.1) is 0 Å². The van der Waals surface area contributed by atoms with Gasteiger partial charge < -0.3 is 15.1 Å². The number of rotatable bonds is 0. The van der Waals surface area contributed by atoms with Crippen molar-refractivity contribution in [3.05, 3.63) is 0 Å². The fraction of sp³-hybridized carbons (Fsp3) is 0. The molecule has 0 unspecified atom stereocenters. The zero-order valence-corrected chi connectivity index (χ0v) is 9.93. The molecule has 0 aromatic carbocycles. The van der Waals surface area contributed by atoms with Gasteiger partial charge in [-0.1, -0.05) is 0 Å². The van der Waals surface area contributed by atoms with Crippen LogP contribution in [0.25, 0.3) is 0 Å². The van der Waals surface area contributed by atoms with E-state index < -0.39 is 7.32 Å². The van der Waals surface area contributed by atoms with Crippen LogP contribution in [0.1, 0.15) is 0 Å². The van der Waals surface area contributed by atoms with Crippen molar-refractivity contribution in [2.45, 2.75) is 0 Å². The maximum Gasteiger partial charge on any atom is 0.631 e. The SMILES string of the molecule is OB(O)O.[Ba].[Mn].[Ni]. The first kappa shape index (κ1) is 22.7. The fourth-order valence-corrected chi connectivity index (χ4v) is 0. The second-order valence-electron chi connectivity index (χ2n) is 0.346. The predicted octanol–water partition coefficient (Wildman–Crippen LogP) is -2.44. The first-order valence-electron chi connectivity index (χ1n) is 0.775. The van der Waals surface area contributed by atoms with Gasteiger partial charge in [0.2, 0.25) is 0 Å². The molecule has 3 nitrogen and oxygen atoms in total. The first-order chi connectivity index (χ1) is 1.73. The molecule has 0 heterocycles. The summed E-state index contributed by atoms with van der Waals surface area (Å²) in [6.07, 6.45) is 0. The Balaban J connectivity index is -0.0000000150. The van der Waals surface area contributed by atoms with Gasteiger partial charge in [-0.25, -0.2) is 0 Å². The van der Waals surface area contributed by atoms with Crippen LogP contribution in [0.15, 0.2) is 0 Å². The van der Waals surface area contributed by atoms with Crippen LogP contribution in [0.4, 0.5) is 0 Å². The summed E-state index contributed by atoms with van der Waals surface area (Å²) in [4.78, 5) is 0. The molecular formula is H3BBaMnNiO3. The molecule has 0 bridgehead atoms. The Bertz CT molecular complexity index is 19.7. The molecular weight excluding hydrogens is 310 g/mol. The van der Waals surface area contributed by atoms with E-state index in [-0.39, 0.29) is 82.4 Å². The number of hydrogen-bond acceptors (Lipinski definition) is 3. The van der Waals surface area contributed by atoms with Crippen LogP contribution in [0.2, 0.25) is 0 Å². The van der Waals surface area contributed by atoms with Crippen molar-refractivity contribution in [3.8, 4) is 0 Å². The van der Waals surface area contributed by atoms with E-state index in [1.165, 1.54) is 0 Å². The molecule has 3 radical (unpaired) electrons. The summed E-state index contributed by atoms with van der Waals surface area (Å²) < 4.78 is 0. The Morgan fingerprint density at radius 1 is 1.00 bits per heavy atom. The molecule has 0 aromatic heterocycles. The second kappa shape index (κ2) is 15.8. The van der Waals surface area contributed by atoms with E-state index in [0.29, 0.717) is 0 Å². The van der Waals surface area contributed by atoms with Gasteiger partial charge in [-0.2, -0.15) is 0 Å². The van der Waals surface area contributed by atoms with Gasteiger partial charge in [-0.05, 0) is 0 Å². The molecule has 0 spiro atoms. The number of hydrogen-bond donors (Lipinski definition) is 3. The molecule has 3 N–H and O–H groups in total. The minimum atomic E-state index is -2.17. The zero-order valence-electron chi connectivity index (χ0n) is 3.32. The summed E-state index contributed by atoms with van der Waals surface area (Å²) in [5.74, 6) is 0. The van der Waals surface area contributed by atoms with E-state index in [1.807, 2.05) is 0 Å². The smallest absolute Gasteiger partial charge is 0.402 e. The predicted molar refractivity (Wildman–Crippen MR) is 18.2 cm³/mol. The molecule has 0 rings (SSSR count). The van der Waals surface area contributed by atoms with Crippen LogP contribution in [0.5, 0.6) is 0 Å². The minimum Gasteiger partial charge on any atom is -0.402 e. The summed E-state index contributed by atoms with van der Waals surface area (Å²) in [7, 11) is -2.17. The van der Waals surface area contributed by atoms with E-state index in [2.05, 4.69) is 0 Å². The molecule has 0 aromatic rings. The van der Waals surface area contributed by atoms with E-state index in [4.69, 9.17) is 15.1 Å². The molecule has 0 saturated carbocycles. The average Bonchev–Trinajstić information content (AvgIpc) is 0.811. The molecule has 0 fully saturated rings. The van der Waals surface area contributed by atoms with Crippen LogP contribution in [-0.2, 0) is 33.6 Å². The topological polar surface area (TPSA) is 60.7 Å². The van der Waals surface area contributed by atoms with Crippen molar-refractivity contribution in [2.75, 3.05) is 0 Å². The Hall–Kier alpha value is 2.53. The van der Waals surface area contributed by atoms with E-state index in [0.717, 1.165) is 0 Å². The zero-order chi connectivity index (χ0) is 3.58. The first-order valence-corrected chi connectivity index (χ1v) is 0.775. The largest absolute Gasteiger partial charge is 0.631 e. The van der Waals surface area contributed by atoms with Gasteiger partial charge in [0, 0.05) is 82.4 Å². The molecule has 43 valence electrons. The van der Waals surface area contributed by atoms with E-state index in [9.17, 15) is 0 Å². The van der Waals surface area contributed by atoms with Gasteiger partial charge in [-0.3, -0.25) is 0 Å². The van der Waals surface area contributed by atoms with Crippen molar-refractivity contribution in [2.24, 2.45) is 0 Å². The molecule has 0 aliphatic carbocycles. The summed E-state index contributed by atoms with van der Waals surface area (Å²) >= 11 is 0. The van der Waals surface area contributed by atoms with Crippen molar-refractivity contribution < 1.29 is 48.6 Å². The van der Waals surface area contributed by atoms with Gasteiger partial charge in [0.15, 0.2) is 0 Å². The van der Waals surface area contributed by atoms with Crippen molar-refractivity contribution in [1.29, 1.82) is 0 Å². The quantitative estimate of drug-likeness (QED) is 0.436. The Morgan fingerprint density at radius 3 is 1.00 bits per heavy atom. The van der Waals surface area contributed by atoms with Gasteiger partial charge in [0.1, 0.15) is 0 Å². The summed E-state index contributed by atoms with van der Waals surface area (Å²) in [6, 6.07) is 0. The van der Waals surface area contributed by atoms with Gasteiger partial charge in [0.25, 0.3) is 0 Å². The maximum atomic E-state index is 7.17. The monoisotopic (exact) mass is 313 g/mol. The molecule has 0 saturated heterocycles. The second-order valence-corrected chi connectivity index (χ2v) is 0.346. The summed E-state index contributed by atoms with van der Waals surface area (Å²) in [6.45, 7) is 0. The third-order valence-corrected chi connectivity index (χ3v) is 0. The van der Waals surface area contributed by atoms with E-state index >= 15 is 0 Å². The minimum absolute atomic E-state index is 0. The molecule has 0 aliphatic rings. The van der Waals surface area contributed by atoms with Crippen LogP contribution in [-0.4, -0.2) is 71.3 Å². The molecule has 0 atom stereocenters. The third-order valence-electron chi connectivity index (χ3n) is 0. The van der Waals surface area contributed by atoms with Crippen LogP contribution in [0, 0.1) is 0 Å². The van der Waals surface area contributed by atoms with Crippen molar-refractivity contribution in [1.82, 2.24) is 0 Å². The third kappa shape index (κ3) is 56.8. The van der Waals surface area contributed by atoms with E-state index in [1.54, 1.807) is 0 Å². The van der Waals surface area contributed by atoms with Crippen LogP contribution < -0.4 is 0 Å². The normalized spacial score (nSPS) is 3.86. The summed E-state index contributed by atoms with van der Waals surface area (Å²) in [5, 5.41) is 21.5. The van der Waals surface area contributed by atoms with Gasteiger partial charge in [-0.15, -0.1) is 0 Å². The van der Waals surface area contributed by atoms with Crippen molar-refractivity contribution in [3.63, 3.8) is 0 Å². The molecule has 0 aliphatic heterocycles. The van der Waals surface area contributed by atoms with Gasteiger partial charge >= 0.3 is 7.32 Å². The molecule has 7 heavy (non-hydrogen) atoms. The Kier molecular flexibility index (Phi) is 51.2. The van der Waals surface area contributed by atoms with Crippen LogP contribution >= 0.6 is 0 Å². The molecule has 7 heteroatoms. The average molecular weight is 313 g/mol. The Morgan fingerprint density at radius 2 is 1.00 bits per heavy atom. The van der Waals surface area contributed by atoms with Crippen molar-refractivity contribution >= 4 is 56.2 Å². The summed E-state index contributed by atoms with van der Waals surface area (Å²) in [5.41, 5.74) is 0. The fourth-order valence-electron chi connectivity index (χ4n) is 0. The maximum absolute atomic E-state index is 7.17.